The van der Waals surface area contributed by atoms with Crippen LogP contribution in [0.2, 0.25) is 0 Å². The summed E-state index contributed by atoms with van der Waals surface area (Å²) in [5.74, 6) is 1.29. The number of ketones is 1. The van der Waals surface area contributed by atoms with Gasteiger partial charge < -0.3 is 0 Å². The van der Waals surface area contributed by atoms with Crippen molar-refractivity contribution in [1.29, 1.82) is 0 Å². The van der Waals surface area contributed by atoms with E-state index in [1.807, 2.05) is 0 Å². The van der Waals surface area contributed by atoms with Gasteiger partial charge in [0.1, 0.15) is 5.78 Å². The fourth-order valence-electron chi connectivity index (χ4n) is 2.93. The summed E-state index contributed by atoms with van der Waals surface area (Å²) in [6.45, 7) is 6.42. The summed E-state index contributed by atoms with van der Waals surface area (Å²) in [5, 5.41) is 0. The molecular formula is C13H23NO. The molecule has 2 heteroatoms. The molecule has 0 atom stereocenters. The van der Waals surface area contributed by atoms with Gasteiger partial charge in [-0.15, -0.1) is 0 Å². The van der Waals surface area contributed by atoms with Gasteiger partial charge in [-0.2, -0.15) is 0 Å². The molecule has 15 heavy (non-hydrogen) atoms. The summed E-state index contributed by atoms with van der Waals surface area (Å²) in [4.78, 5) is 13.9. The quantitative estimate of drug-likeness (QED) is 0.697. The number of Topliss-reactive ketones (excluding diaryl/α,β-unsaturated/α-hetero) is 1. The molecule has 2 rings (SSSR count). The fraction of sp³-hybridized carbons (Fsp3) is 0.923. The number of rotatable bonds is 2. The Morgan fingerprint density at radius 1 is 1.33 bits per heavy atom. The van der Waals surface area contributed by atoms with Gasteiger partial charge in [-0.05, 0) is 39.0 Å². The predicted octanol–water partition coefficient (Wildman–Crippen LogP) is 2.62. The Bertz CT molecular complexity index is 241. The maximum atomic E-state index is 11.5. The second kappa shape index (κ2) is 4.25. The Balaban J connectivity index is 1.94. The second-order valence-electron chi connectivity index (χ2n) is 5.88. The first-order chi connectivity index (χ1) is 7.08. The van der Waals surface area contributed by atoms with Gasteiger partial charge in [-0.1, -0.05) is 12.8 Å². The van der Waals surface area contributed by atoms with Gasteiger partial charge >= 0.3 is 0 Å². The van der Waals surface area contributed by atoms with Gasteiger partial charge in [-0.3, -0.25) is 9.69 Å². The summed E-state index contributed by atoms with van der Waals surface area (Å²) in [6.07, 6.45) is 7.37. The molecule has 0 unspecified atom stereocenters. The van der Waals surface area contributed by atoms with Crippen molar-refractivity contribution in [2.45, 2.75) is 57.9 Å². The van der Waals surface area contributed by atoms with Crippen molar-refractivity contribution in [3.63, 3.8) is 0 Å². The van der Waals surface area contributed by atoms with Crippen molar-refractivity contribution in [2.75, 3.05) is 13.1 Å². The average molecular weight is 209 g/mol. The minimum absolute atomic E-state index is 0.247. The lowest BCUT2D eigenvalue weighted by molar-refractivity contribution is -0.126. The third kappa shape index (κ3) is 2.60. The van der Waals surface area contributed by atoms with E-state index >= 15 is 0 Å². The van der Waals surface area contributed by atoms with Crippen LogP contribution in [0.3, 0.4) is 0 Å². The van der Waals surface area contributed by atoms with Crippen LogP contribution in [0.4, 0.5) is 0 Å². The predicted molar refractivity (Wildman–Crippen MR) is 61.9 cm³/mol. The number of piperidine rings is 1. The van der Waals surface area contributed by atoms with Crippen LogP contribution in [-0.4, -0.2) is 29.3 Å². The molecule has 1 aliphatic heterocycles. The van der Waals surface area contributed by atoms with Crippen LogP contribution in [0.15, 0.2) is 0 Å². The summed E-state index contributed by atoms with van der Waals surface area (Å²) in [7, 11) is 0. The second-order valence-corrected chi connectivity index (χ2v) is 5.88. The van der Waals surface area contributed by atoms with Gasteiger partial charge in [0.2, 0.25) is 0 Å². The fourth-order valence-corrected chi connectivity index (χ4v) is 2.93. The Labute approximate surface area is 93.0 Å². The highest BCUT2D eigenvalue weighted by molar-refractivity contribution is 5.81. The molecule has 0 spiro atoms. The lowest BCUT2D eigenvalue weighted by Crippen LogP contribution is -2.52. The van der Waals surface area contributed by atoms with E-state index in [1.165, 1.54) is 25.7 Å². The summed E-state index contributed by atoms with van der Waals surface area (Å²) >= 11 is 0. The molecule has 2 fully saturated rings. The van der Waals surface area contributed by atoms with Gasteiger partial charge in [0.05, 0.1) is 6.54 Å². The van der Waals surface area contributed by atoms with E-state index in [2.05, 4.69) is 18.7 Å². The molecule has 2 nitrogen and oxygen atoms in total. The molecule has 86 valence electrons. The molecule has 0 N–H and O–H groups in total. The molecule has 0 amide bonds. The molecule has 2 aliphatic rings. The van der Waals surface area contributed by atoms with Crippen molar-refractivity contribution >= 4 is 5.78 Å². The van der Waals surface area contributed by atoms with Crippen LogP contribution in [0.25, 0.3) is 0 Å². The zero-order valence-corrected chi connectivity index (χ0v) is 10.1. The number of carbonyl (C=O) groups is 1. The highest BCUT2D eigenvalue weighted by Crippen LogP contribution is 2.31. The average Bonchev–Trinajstić information content (AvgIpc) is 2.65. The summed E-state index contributed by atoms with van der Waals surface area (Å²) in [6, 6.07) is 0. The molecule has 1 saturated heterocycles. The molecule has 1 heterocycles. The number of hydrogen-bond acceptors (Lipinski definition) is 2. The van der Waals surface area contributed by atoms with Crippen molar-refractivity contribution in [1.82, 2.24) is 4.90 Å². The van der Waals surface area contributed by atoms with Crippen molar-refractivity contribution < 1.29 is 4.79 Å². The highest BCUT2D eigenvalue weighted by Gasteiger charge is 2.34. The Kier molecular flexibility index (Phi) is 3.15. The minimum Gasteiger partial charge on any atom is -0.298 e. The SMILES string of the molecule is CC1(C)CCC(=O)CN1CC1CCCC1. The molecule has 0 aromatic rings. The first-order valence-corrected chi connectivity index (χ1v) is 6.35. The van der Waals surface area contributed by atoms with Crippen LogP contribution < -0.4 is 0 Å². The Morgan fingerprint density at radius 2 is 2.00 bits per heavy atom. The maximum absolute atomic E-state index is 11.5. The van der Waals surface area contributed by atoms with Gasteiger partial charge in [0, 0.05) is 18.5 Å². The lowest BCUT2D eigenvalue weighted by Gasteiger charge is -2.43. The van der Waals surface area contributed by atoms with Crippen LogP contribution in [0.5, 0.6) is 0 Å². The topological polar surface area (TPSA) is 20.3 Å². The van der Waals surface area contributed by atoms with E-state index in [1.54, 1.807) is 0 Å². The van der Waals surface area contributed by atoms with E-state index in [0.29, 0.717) is 12.3 Å². The van der Waals surface area contributed by atoms with Crippen molar-refractivity contribution in [3.8, 4) is 0 Å². The normalized spacial score (nSPS) is 28.5. The van der Waals surface area contributed by atoms with Crippen LogP contribution >= 0.6 is 0 Å². The molecule has 1 saturated carbocycles. The molecule has 0 aromatic carbocycles. The van der Waals surface area contributed by atoms with Crippen LogP contribution in [0.1, 0.15) is 52.4 Å². The van der Waals surface area contributed by atoms with Gasteiger partial charge in [0.15, 0.2) is 0 Å². The van der Waals surface area contributed by atoms with Crippen LogP contribution in [0, 0.1) is 5.92 Å². The van der Waals surface area contributed by atoms with E-state index in [9.17, 15) is 4.79 Å². The van der Waals surface area contributed by atoms with Crippen molar-refractivity contribution in [3.05, 3.63) is 0 Å². The number of likely N-dealkylation sites (tertiary alicyclic amines) is 1. The minimum atomic E-state index is 0.247. The number of nitrogens with zero attached hydrogens (tertiary/aromatic N) is 1. The third-order valence-electron chi connectivity index (χ3n) is 4.19. The number of hydrogen-bond donors (Lipinski definition) is 0. The highest BCUT2D eigenvalue weighted by atomic mass is 16.1. The lowest BCUT2D eigenvalue weighted by atomic mass is 9.88. The first-order valence-electron chi connectivity index (χ1n) is 6.35. The van der Waals surface area contributed by atoms with Gasteiger partial charge in [0.25, 0.3) is 0 Å². The van der Waals surface area contributed by atoms with E-state index in [4.69, 9.17) is 0 Å². The summed E-state index contributed by atoms with van der Waals surface area (Å²) in [5.41, 5.74) is 0.247. The van der Waals surface area contributed by atoms with Crippen molar-refractivity contribution in [2.24, 2.45) is 5.92 Å². The van der Waals surface area contributed by atoms with Gasteiger partial charge in [-0.25, -0.2) is 0 Å². The Hall–Kier alpha value is -0.370. The smallest absolute Gasteiger partial charge is 0.146 e. The Morgan fingerprint density at radius 3 is 2.67 bits per heavy atom. The van der Waals surface area contributed by atoms with Crippen LogP contribution in [-0.2, 0) is 4.79 Å². The largest absolute Gasteiger partial charge is 0.298 e. The molecular weight excluding hydrogens is 186 g/mol. The zero-order valence-electron chi connectivity index (χ0n) is 10.1. The molecule has 1 aliphatic carbocycles. The standard InChI is InChI=1S/C13H23NO/c1-13(2)8-7-12(15)10-14(13)9-11-5-3-4-6-11/h11H,3-10H2,1-2H3. The van der Waals surface area contributed by atoms with E-state index in [-0.39, 0.29) is 5.54 Å². The monoisotopic (exact) mass is 209 g/mol. The zero-order chi connectivity index (χ0) is 10.9. The first kappa shape index (κ1) is 11.1. The summed E-state index contributed by atoms with van der Waals surface area (Å²) < 4.78 is 0. The molecule has 0 radical (unpaired) electrons. The maximum Gasteiger partial charge on any atom is 0.146 e. The van der Waals surface area contributed by atoms with E-state index in [0.717, 1.165) is 25.3 Å². The molecule has 0 aromatic heterocycles. The third-order valence-corrected chi connectivity index (χ3v) is 4.19. The number of carbonyl (C=O) groups excluding carboxylic acids is 1. The molecule has 0 bridgehead atoms. The van der Waals surface area contributed by atoms with E-state index < -0.39 is 0 Å².